The van der Waals surface area contributed by atoms with Crippen LogP contribution in [0.4, 0.5) is 0 Å². The monoisotopic (exact) mass is 382 g/mol. The minimum Gasteiger partial charge on any atom is -0.379 e. The summed E-state index contributed by atoms with van der Waals surface area (Å²) in [5.41, 5.74) is 1.71. The third kappa shape index (κ3) is 4.26. The van der Waals surface area contributed by atoms with Gasteiger partial charge in [-0.3, -0.25) is 14.5 Å². The Balaban J connectivity index is 1.29. The Morgan fingerprint density at radius 3 is 2.07 bits per heavy atom. The molecule has 0 aliphatic carbocycles. The standard InChI is InChI=1S/C21H26N4O3/c26-20(17-22-13-15-28-16-14-22)24-9-11-25(12-10-24)21(27)18-3-5-19(6-4-18)23-7-1-2-8-23/h1-8H,9-17H2. The van der Waals surface area contributed by atoms with Gasteiger partial charge in [-0.2, -0.15) is 0 Å². The van der Waals surface area contributed by atoms with Crippen molar-refractivity contribution in [1.29, 1.82) is 0 Å². The fourth-order valence-corrected chi connectivity index (χ4v) is 3.67. The number of hydrogen-bond donors (Lipinski definition) is 0. The second-order valence-corrected chi connectivity index (χ2v) is 7.20. The van der Waals surface area contributed by atoms with Crippen LogP contribution in [0.3, 0.4) is 0 Å². The van der Waals surface area contributed by atoms with Crippen molar-refractivity contribution in [2.75, 3.05) is 59.0 Å². The molecule has 4 rings (SSSR count). The van der Waals surface area contributed by atoms with Gasteiger partial charge in [0, 0.05) is 62.9 Å². The van der Waals surface area contributed by atoms with Gasteiger partial charge in [-0.05, 0) is 36.4 Å². The molecule has 1 aromatic carbocycles. The first kappa shape index (κ1) is 18.7. The Kier molecular flexibility index (Phi) is 5.73. The maximum atomic E-state index is 12.8. The highest BCUT2D eigenvalue weighted by Gasteiger charge is 2.26. The molecule has 3 heterocycles. The van der Waals surface area contributed by atoms with E-state index in [2.05, 4.69) is 4.90 Å². The van der Waals surface area contributed by atoms with E-state index in [-0.39, 0.29) is 11.8 Å². The summed E-state index contributed by atoms with van der Waals surface area (Å²) < 4.78 is 7.33. The molecule has 2 aliphatic rings. The maximum absolute atomic E-state index is 12.8. The second kappa shape index (κ2) is 8.58. The fraction of sp³-hybridized carbons (Fsp3) is 0.429. The van der Waals surface area contributed by atoms with Crippen LogP contribution in [0.25, 0.3) is 5.69 Å². The minimum absolute atomic E-state index is 0.0272. The summed E-state index contributed by atoms with van der Waals surface area (Å²) in [5.74, 6) is 0.171. The molecule has 2 saturated heterocycles. The molecule has 2 fully saturated rings. The molecule has 148 valence electrons. The number of benzene rings is 1. The van der Waals surface area contributed by atoms with Crippen LogP contribution in [-0.2, 0) is 9.53 Å². The summed E-state index contributed by atoms with van der Waals surface area (Å²) in [6.45, 7) is 5.79. The summed E-state index contributed by atoms with van der Waals surface area (Å²) in [6, 6.07) is 11.6. The van der Waals surface area contributed by atoms with Crippen LogP contribution in [0.1, 0.15) is 10.4 Å². The van der Waals surface area contributed by atoms with Crippen LogP contribution in [0.15, 0.2) is 48.8 Å². The van der Waals surface area contributed by atoms with Gasteiger partial charge in [0.2, 0.25) is 5.91 Å². The second-order valence-electron chi connectivity index (χ2n) is 7.20. The topological polar surface area (TPSA) is 58.0 Å². The lowest BCUT2D eigenvalue weighted by molar-refractivity contribution is -0.134. The molecule has 0 radical (unpaired) electrons. The number of nitrogens with zero attached hydrogens (tertiary/aromatic N) is 4. The van der Waals surface area contributed by atoms with E-state index in [1.54, 1.807) is 0 Å². The van der Waals surface area contributed by atoms with Crippen LogP contribution in [0.5, 0.6) is 0 Å². The third-order valence-electron chi connectivity index (χ3n) is 5.40. The number of carbonyl (C=O) groups excluding carboxylic acids is 2. The molecule has 7 nitrogen and oxygen atoms in total. The molecule has 2 aliphatic heterocycles. The number of ether oxygens (including phenoxy) is 1. The van der Waals surface area contributed by atoms with Crippen LogP contribution in [0, 0.1) is 0 Å². The minimum atomic E-state index is 0.0272. The predicted octanol–water partition coefficient (Wildman–Crippen LogP) is 1.09. The van der Waals surface area contributed by atoms with Gasteiger partial charge in [-0.15, -0.1) is 0 Å². The number of morpholine rings is 1. The number of aromatic nitrogens is 1. The Morgan fingerprint density at radius 2 is 1.43 bits per heavy atom. The summed E-state index contributed by atoms with van der Waals surface area (Å²) in [5, 5.41) is 0. The number of hydrogen-bond acceptors (Lipinski definition) is 4. The molecule has 7 heteroatoms. The smallest absolute Gasteiger partial charge is 0.253 e. The largest absolute Gasteiger partial charge is 0.379 e. The molecule has 0 bridgehead atoms. The highest BCUT2D eigenvalue weighted by molar-refractivity contribution is 5.94. The van der Waals surface area contributed by atoms with Crippen molar-refractivity contribution >= 4 is 11.8 Å². The zero-order chi connectivity index (χ0) is 19.3. The molecule has 0 unspecified atom stereocenters. The predicted molar refractivity (Wildman–Crippen MR) is 106 cm³/mol. The molecule has 2 aromatic rings. The van der Waals surface area contributed by atoms with Gasteiger partial charge < -0.3 is 19.1 Å². The van der Waals surface area contributed by atoms with E-state index >= 15 is 0 Å². The Morgan fingerprint density at radius 1 is 0.821 bits per heavy atom. The molecule has 0 atom stereocenters. The van der Waals surface area contributed by atoms with Gasteiger partial charge >= 0.3 is 0 Å². The molecule has 0 N–H and O–H groups in total. The van der Waals surface area contributed by atoms with E-state index in [0.717, 1.165) is 18.8 Å². The van der Waals surface area contributed by atoms with Crippen LogP contribution < -0.4 is 0 Å². The lowest BCUT2D eigenvalue weighted by atomic mass is 10.1. The summed E-state index contributed by atoms with van der Waals surface area (Å²) in [7, 11) is 0. The fourth-order valence-electron chi connectivity index (χ4n) is 3.67. The van der Waals surface area contributed by atoms with Crippen molar-refractivity contribution in [1.82, 2.24) is 19.3 Å². The highest BCUT2D eigenvalue weighted by Crippen LogP contribution is 2.14. The van der Waals surface area contributed by atoms with Crippen molar-refractivity contribution < 1.29 is 14.3 Å². The summed E-state index contributed by atoms with van der Waals surface area (Å²) in [6.07, 6.45) is 3.95. The Hall–Kier alpha value is -2.64. The molecular weight excluding hydrogens is 356 g/mol. The average molecular weight is 382 g/mol. The van der Waals surface area contributed by atoms with Gasteiger partial charge in [0.25, 0.3) is 5.91 Å². The first-order valence-electron chi connectivity index (χ1n) is 9.81. The van der Waals surface area contributed by atoms with Gasteiger partial charge in [-0.1, -0.05) is 0 Å². The van der Waals surface area contributed by atoms with Gasteiger partial charge in [0.1, 0.15) is 0 Å². The van der Waals surface area contributed by atoms with E-state index in [9.17, 15) is 9.59 Å². The lowest BCUT2D eigenvalue weighted by Gasteiger charge is -2.36. The first-order chi connectivity index (χ1) is 13.7. The normalized spacial score (nSPS) is 18.3. The van der Waals surface area contributed by atoms with Gasteiger partial charge in [0.15, 0.2) is 0 Å². The molecule has 28 heavy (non-hydrogen) atoms. The number of piperazine rings is 1. The zero-order valence-corrected chi connectivity index (χ0v) is 16.0. The SMILES string of the molecule is O=C(CN1CCOCC1)N1CCN(C(=O)c2ccc(-n3cccc3)cc2)CC1. The van der Waals surface area contributed by atoms with E-state index in [0.29, 0.717) is 51.5 Å². The Bertz CT molecular complexity index is 790. The molecule has 0 saturated carbocycles. The van der Waals surface area contributed by atoms with Crippen LogP contribution >= 0.6 is 0 Å². The Labute approximate surface area is 165 Å². The van der Waals surface area contributed by atoms with Crippen LogP contribution in [0.2, 0.25) is 0 Å². The quantitative estimate of drug-likeness (QED) is 0.795. The van der Waals surface area contributed by atoms with E-state index in [1.807, 2.05) is 63.2 Å². The van der Waals surface area contributed by atoms with Gasteiger partial charge in [-0.25, -0.2) is 0 Å². The number of carbonyl (C=O) groups is 2. The average Bonchev–Trinajstić information content (AvgIpc) is 3.29. The molecule has 1 aromatic heterocycles. The molecule has 0 spiro atoms. The zero-order valence-electron chi connectivity index (χ0n) is 16.0. The van der Waals surface area contributed by atoms with E-state index < -0.39 is 0 Å². The third-order valence-corrected chi connectivity index (χ3v) is 5.40. The van der Waals surface area contributed by atoms with E-state index in [4.69, 9.17) is 4.74 Å². The van der Waals surface area contributed by atoms with E-state index in [1.165, 1.54) is 0 Å². The maximum Gasteiger partial charge on any atom is 0.253 e. The summed E-state index contributed by atoms with van der Waals surface area (Å²) in [4.78, 5) is 31.1. The highest BCUT2D eigenvalue weighted by atomic mass is 16.5. The van der Waals surface area contributed by atoms with Crippen molar-refractivity contribution in [2.45, 2.75) is 0 Å². The first-order valence-corrected chi connectivity index (χ1v) is 9.81. The van der Waals surface area contributed by atoms with Crippen molar-refractivity contribution in [3.8, 4) is 5.69 Å². The molecular formula is C21H26N4O3. The van der Waals surface area contributed by atoms with Crippen molar-refractivity contribution in [3.05, 3.63) is 54.4 Å². The van der Waals surface area contributed by atoms with Gasteiger partial charge in [0.05, 0.1) is 19.8 Å². The van der Waals surface area contributed by atoms with Crippen LogP contribution in [-0.4, -0.2) is 90.1 Å². The van der Waals surface area contributed by atoms with Crippen molar-refractivity contribution in [3.63, 3.8) is 0 Å². The summed E-state index contributed by atoms with van der Waals surface area (Å²) >= 11 is 0. The lowest BCUT2D eigenvalue weighted by Crippen LogP contribution is -2.53. The molecule has 2 amide bonds. The van der Waals surface area contributed by atoms with Crippen molar-refractivity contribution in [2.24, 2.45) is 0 Å². The number of amides is 2. The number of rotatable bonds is 4.